The lowest BCUT2D eigenvalue weighted by Gasteiger charge is -2.05. The summed E-state index contributed by atoms with van der Waals surface area (Å²) in [5.74, 6) is -0.717. The molecule has 0 spiro atoms. The van der Waals surface area contributed by atoms with Gasteiger partial charge in [0, 0.05) is 13.6 Å². The molecule has 0 unspecified atom stereocenters. The molecule has 102 valence electrons. The van der Waals surface area contributed by atoms with Crippen LogP contribution in [-0.4, -0.2) is 18.4 Å². The normalized spacial score (nSPS) is 10.1. The third-order valence-corrected chi connectivity index (χ3v) is 3.76. The Hall–Kier alpha value is -1.21. The lowest BCUT2D eigenvalue weighted by molar-refractivity contribution is 0.0474. The molecule has 2 aromatic carbocycles. The standard InChI is InChI=1S/C15H10BrIO3/c16-12-6-4-10(5-7-12)14(18)9-20-15(19)11-2-1-3-13(17)8-11/h1-8H,9H2. The highest BCUT2D eigenvalue weighted by Gasteiger charge is 2.11. The summed E-state index contributed by atoms with van der Waals surface area (Å²) >= 11 is 5.41. The Morgan fingerprint density at radius 1 is 1.05 bits per heavy atom. The van der Waals surface area contributed by atoms with Crippen LogP contribution in [0.25, 0.3) is 0 Å². The molecule has 0 fully saturated rings. The highest BCUT2D eigenvalue weighted by molar-refractivity contribution is 14.1. The van der Waals surface area contributed by atoms with Crippen molar-refractivity contribution >= 4 is 50.3 Å². The molecule has 0 aliphatic rings. The third kappa shape index (κ3) is 4.14. The van der Waals surface area contributed by atoms with E-state index in [0.29, 0.717) is 11.1 Å². The van der Waals surface area contributed by atoms with E-state index in [0.717, 1.165) is 8.04 Å². The molecule has 0 radical (unpaired) electrons. The predicted octanol–water partition coefficient (Wildman–Crippen LogP) is 4.09. The van der Waals surface area contributed by atoms with Crippen molar-refractivity contribution < 1.29 is 14.3 Å². The first-order valence-electron chi connectivity index (χ1n) is 5.78. The molecule has 0 saturated heterocycles. The highest BCUT2D eigenvalue weighted by Crippen LogP contribution is 2.12. The number of ether oxygens (including phenoxy) is 1. The Labute approximate surface area is 138 Å². The summed E-state index contributed by atoms with van der Waals surface area (Å²) < 4.78 is 6.86. The zero-order valence-corrected chi connectivity index (χ0v) is 14.1. The molecule has 0 atom stereocenters. The van der Waals surface area contributed by atoms with E-state index < -0.39 is 5.97 Å². The third-order valence-electron chi connectivity index (χ3n) is 2.56. The van der Waals surface area contributed by atoms with Crippen molar-refractivity contribution in [3.63, 3.8) is 0 Å². The zero-order chi connectivity index (χ0) is 14.5. The largest absolute Gasteiger partial charge is 0.454 e. The van der Waals surface area contributed by atoms with Crippen LogP contribution in [0.4, 0.5) is 0 Å². The molecule has 0 aliphatic carbocycles. The van der Waals surface area contributed by atoms with Gasteiger partial charge < -0.3 is 4.74 Å². The van der Waals surface area contributed by atoms with Crippen molar-refractivity contribution in [1.29, 1.82) is 0 Å². The van der Waals surface area contributed by atoms with Gasteiger partial charge in [0.25, 0.3) is 0 Å². The number of carbonyl (C=O) groups is 2. The molecule has 0 aliphatic heterocycles. The number of Topliss-reactive ketones (excluding diaryl/α,β-unsaturated/α-hetero) is 1. The topological polar surface area (TPSA) is 43.4 Å². The smallest absolute Gasteiger partial charge is 0.338 e. The minimum Gasteiger partial charge on any atom is -0.454 e. The van der Waals surface area contributed by atoms with Crippen LogP contribution in [0.15, 0.2) is 53.0 Å². The summed E-state index contributed by atoms with van der Waals surface area (Å²) in [6.45, 7) is -0.258. The van der Waals surface area contributed by atoms with Crippen molar-refractivity contribution in [1.82, 2.24) is 0 Å². The molecule has 5 heteroatoms. The van der Waals surface area contributed by atoms with Crippen LogP contribution in [0.5, 0.6) is 0 Å². The molecule has 0 aromatic heterocycles. The Kier molecular flexibility index (Phi) is 5.31. The molecule has 0 heterocycles. The van der Waals surface area contributed by atoms with E-state index in [2.05, 4.69) is 38.5 Å². The number of ketones is 1. The molecule has 2 aromatic rings. The summed E-state index contributed by atoms with van der Waals surface area (Å²) in [6.07, 6.45) is 0. The molecule has 0 amide bonds. The number of hydrogen-bond acceptors (Lipinski definition) is 3. The molecule has 0 bridgehead atoms. The van der Waals surface area contributed by atoms with Crippen LogP contribution >= 0.6 is 38.5 Å². The maximum Gasteiger partial charge on any atom is 0.338 e. The van der Waals surface area contributed by atoms with Gasteiger partial charge in [-0.15, -0.1) is 0 Å². The fourth-order valence-corrected chi connectivity index (χ4v) is 2.36. The minimum atomic E-state index is -0.492. The zero-order valence-electron chi connectivity index (χ0n) is 10.3. The average molecular weight is 445 g/mol. The van der Waals surface area contributed by atoms with E-state index in [9.17, 15) is 9.59 Å². The lowest BCUT2D eigenvalue weighted by Crippen LogP contribution is -2.14. The second-order valence-electron chi connectivity index (χ2n) is 4.02. The van der Waals surface area contributed by atoms with Crippen LogP contribution in [0.2, 0.25) is 0 Å². The van der Waals surface area contributed by atoms with Gasteiger partial charge in [0.1, 0.15) is 0 Å². The highest BCUT2D eigenvalue weighted by atomic mass is 127. The van der Waals surface area contributed by atoms with Crippen molar-refractivity contribution in [2.45, 2.75) is 0 Å². The van der Waals surface area contributed by atoms with Gasteiger partial charge in [-0.3, -0.25) is 4.79 Å². The minimum absolute atomic E-state index is 0.225. The monoisotopic (exact) mass is 444 g/mol. The summed E-state index contributed by atoms with van der Waals surface area (Å²) in [6, 6.07) is 13.9. The first kappa shape index (κ1) is 15.2. The van der Waals surface area contributed by atoms with Crippen LogP contribution in [0.3, 0.4) is 0 Å². The van der Waals surface area contributed by atoms with Crippen molar-refractivity contribution in [3.05, 3.63) is 67.7 Å². The Balaban J connectivity index is 1.96. The summed E-state index contributed by atoms with van der Waals surface area (Å²) in [5.41, 5.74) is 0.962. The molecule has 0 N–H and O–H groups in total. The van der Waals surface area contributed by atoms with Gasteiger partial charge in [-0.1, -0.05) is 34.1 Å². The predicted molar refractivity (Wildman–Crippen MR) is 87.9 cm³/mol. The molecule has 3 nitrogen and oxygen atoms in total. The van der Waals surface area contributed by atoms with E-state index in [4.69, 9.17) is 4.74 Å². The number of carbonyl (C=O) groups excluding carboxylic acids is 2. The Morgan fingerprint density at radius 3 is 2.40 bits per heavy atom. The number of halogens is 2. The number of benzene rings is 2. The molecule has 0 saturated carbocycles. The second-order valence-corrected chi connectivity index (χ2v) is 6.18. The van der Waals surface area contributed by atoms with Crippen LogP contribution < -0.4 is 0 Å². The van der Waals surface area contributed by atoms with Gasteiger partial charge >= 0.3 is 5.97 Å². The number of hydrogen-bond donors (Lipinski definition) is 0. The van der Waals surface area contributed by atoms with Crippen LogP contribution in [0, 0.1) is 3.57 Å². The maximum atomic E-state index is 11.9. The summed E-state index contributed by atoms with van der Waals surface area (Å²) in [4.78, 5) is 23.7. The van der Waals surface area contributed by atoms with Gasteiger partial charge in [0.15, 0.2) is 12.4 Å². The Morgan fingerprint density at radius 2 is 1.75 bits per heavy atom. The quantitative estimate of drug-likeness (QED) is 0.405. The molecule has 2 rings (SSSR count). The summed E-state index contributed by atoms with van der Waals surface area (Å²) in [5, 5.41) is 0. The van der Waals surface area contributed by atoms with Gasteiger partial charge in [0.2, 0.25) is 0 Å². The first-order valence-corrected chi connectivity index (χ1v) is 7.65. The van der Waals surface area contributed by atoms with E-state index in [1.54, 1.807) is 42.5 Å². The fraction of sp³-hybridized carbons (Fsp3) is 0.0667. The van der Waals surface area contributed by atoms with Gasteiger partial charge in [-0.2, -0.15) is 0 Å². The fourth-order valence-electron chi connectivity index (χ4n) is 1.55. The second kappa shape index (κ2) is 6.99. The maximum absolute atomic E-state index is 11.9. The summed E-state index contributed by atoms with van der Waals surface area (Å²) in [7, 11) is 0. The van der Waals surface area contributed by atoms with E-state index in [-0.39, 0.29) is 12.4 Å². The molecular weight excluding hydrogens is 435 g/mol. The average Bonchev–Trinajstić information content (AvgIpc) is 2.45. The van der Waals surface area contributed by atoms with Crippen LogP contribution in [0.1, 0.15) is 20.7 Å². The van der Waals surface area contributed by atoms with Crippen molar-refractivity contribution in [2.24, 2.45) is 0 Å². The van der Waals surface area contributed by atoms with Gasteiger partial charge in [-0.25, -0.2) is 4.79 Å². The Bertz CT molecular complexity index is 638. The van der Waals surface area contributed by atoms with Gasteiger partial charge in [-0.05, 0) is 52.9 Å². The first-order chi connectivity index (χ1) is 9.56. The van der Waals surface area contributed by atoms with E-state index >= 15 is 0 Å². The van der Waals surface area contributed by atoms with E-state index in [1.807, 2.05) is 6.07 Å². The lowest BCUT2D eigenvalue weighted by atomic mass is 10.1. The SMILES string of the molecule is O=C(COC(=O)c1cccc(I)c1)c1ccc(Br)cc1. The number of rotatable bonds is 4. The number of esters is 1. The van der Waals surface area contributed by atoms with E-state index in [1.165, 1.54) is 0 Å². The van der Waals surface area contributed by atoms with Crippen molar-refractivity contribution in [3.8, 4) is 0 Å². The van der Waals surface area contributed by atoms with Crippen molar-refractivity contribution in [2.75, 3.05) is 6.61 Å². The molecule has 20 heavy (non-hydrogen) atoms. The van der Waals surface area contributed by atoms with Gasteiger partial charge in [0.05, 0.1) is 5.56 Å². The molecular formula is C15H10BrIO3. The van der Waals surface area contributed by atoms with Crippen LogP contribution in [-0.2, 0) is 4.74 Å².